The first kappa shape index (κ1) is 20.1. The van der Waals surface area contributed by atoms with Crippen molar-refractivity contribution in [2.24, 2.45) is 0 Å². The molecule has 0 fully saturated rings. The highest BCUT2D eigenvalue weighted by molar-refractivity contribution is 6.21. The minimum Gasteiger partial charge on any atom is -0.497 e. The van der Waals surface area contributed by atoms with Crippen molar-refractivity contribution in [1.29, 1.82) is 0 Å². The number of carbonyl (C=O) groups is 2. The Balaban J connectivity index is 1.44. The lowest BCUT2D eigenvalue weighted by atomic mass is 10.1. The van der Waals surface area contributed by atoms with Crippen LogP contribution in [0.5, 0.6) is 5.75 Å². The van der Waals surface area contributed by atoms with Crippen LogP contribution >= 0.6 is 0 Å². The molecule has 2 aromatic rings. The Kier molecular flexibility index (Phi) is 6.82. The molecule has 5 heteroatoms. The average molecular weight is 380 g/mol. The number of ether oxygens (including phenoxy) is 1. The molecule has 0 aromatic heterocycles. The number of amides is 2. The van der Waals surface area contributed by atoms with Crippen LogP contribution in [-0.2, 0) is 6.54 Å². The second-order valence-corrected chi connectivity index (χ2v) is 7.09. The minimum absolute atomic E-state index is 0.193. The monoisotopic (exact) mass is 380 g/mol. The van der Waals surface area contributed by atoms with E-state index in [0.29, 0.717) is 23.4 Å². The van der Waals surface area contributed by atoms with E-state index >= 15 is 0 Å². The van der Waals surface area contributed by atoms with Gasteiger partial charge in [-0.25, -0.2) is 0 Å². The molecule has 0 saturated carbocycles. The summed E-state index contributed by atoms with van der Waals surface area (Å²) in [5.74, 6) is 0.194. The fourth-order valence-electron chi connectivity index (χ4n) is 3.57. The number of rotatable bonds is 10. The summed E-state index contributed by atoms with van der Waals surface area (Å²) in [7, 11) is 1.55. The number of unbranched alkanes of at least 4 members (excludes halogenated alkanes) is 2. The molecule has 0 bridgehead atoms. The van der Waals surface area contributed by atoms with Gasteiger partial charge in [-0.3, -0.25) is 19.4 Å². The lowest BCUT2D eigenvalue weighted by Gasteiger charge is -2.20. The van der Waals surface area contributed by atoms with Gasteiger partial charge in [-0.15, -0.1) is 0 Å². The van der Waals surface area contributed by atoms with Crippen molar-refractivity contribution in [3.05, 3.63) is 65.2 Å². The number of fused-ring (bicyclic) bond motifs is 1. The molecule has 1 heterocycles. The minimum atomic E-state index is -0.210. The van der Waals surface area contributed by atoms with E-state index in [2.05, 4.69) is 36.1 Å². The molecule has 0 N–H and O–H groups in total. The van der Waals surface area contributed by atoms with Crippen LogP contribution in [0.4, 0.5) is 0 Å². The van der Waals surface area contributed by atoms with Crippen molar-refractivity contribution < 1.29 is 14.3 Å². The molecule has 28 heavy (non-hydrogen) atoms. The third kappa shape index (κ3) is 4.60. The molecular formula is C23H28N2O3. The van der Waals surface area contributed by atoms with Crippen LogP contribution in [0.3, 0.4) is 0 Å². The molecule has 0 aliphatic carbocycles. The maximum atomic E-state index is 12.5. The van der Waals surface area contributed by atoms with Crippen LogP contribution in [0.2, 0.25) is 0 Å². The smallest absolute Gasteiger partial charge is 0.261 e. The Morgan fingerprint density at radius 2 is 1.68 bits per heavy atom. The lowest BCUT2D eigenvalue weighted by molar-refractivity contribution is 0.0651. The normalized spacial score (nSPS) is 13.3. The quantitative estimate of drug-likeness (QED) is 0.462. The van der Waals surface area contributed by atoms with Crippen LogP contribution < -0.4 is 4.74 Å². The topological polar surface area (TPSA) is 49.9 Å². The van der Waals surface area contributed by atoms with Crippen LogP contribution in [0.25, 0.3) is 0 Å². The Labute approximate surface area is 166 Å². The summed E-state index contributed by atoms with van der Waals surface area (Å²) in [6, 6.07) is 15.5. The number of benzene rings is 2. The summed E-state index contributed by atoms with van der Waals surface area (Å²) in [6.07, 6.45) is 2.87. The first-order chi connectivity index (χ1) is 13.6. The van der Waals surface area contributed by atoms with E-state index in [0.717, 1.165) is 38.9 Å². The summed E-state index contributed by atoms with van der Waals surface area (Å²) >= 11 is 0. The summed E-state index contributed by atoms with van der Waals surface area (Å²) in [6.45, 7) is 5.63. The fourth-order valence-corrected chi connectivity index (χ4v) is 3.57. The molecule has 2 amide bonds. The van der Waals surface area contributed by atoms with E-state index in [1.807, 2.05) is 6.07 Å². The van der Waals surface area contributed by atoms with Crippen molar-refractivity contribution in [3.8, 4) is 5.75 Å². The highest BCUT2D eigenvalue weighted by Gasteiger charge is 2.35. The van der Waals surface area contributed by atoms with Crippen molar-refractivity contribution in [2.45, 2.75) is 32.7 Å². The van der Waals surface area contributed by atoms with Gasteiger partial charge in [0, 0.05) is 13.1 Å². The van der Waals surface area contributed by atoms with E-state index < -0.39 is 0 Å². The fraction of sp³-hybridized carbons (Fsp3) is 0.391. The van der Waals surface area contributed by atoms with Gasteiger partial charge < -0.3 is 4.74 Å². The Morgan fingerprint density at radius 1 is 0.929 bits per heavy atom. The predicted octanol–water partition coefficient (Wildman–Crippen LogP) is 3.98. The molecule has 148 valence electrons. The van der Waals surface area contributed by atoms with Gasteiger partial charge in [0.1, 0.15) is 5.75 Å². The highest BCUT2D eigenvalue weighted by Crippen LogP contribution is 2.27. The van der Waals surface area contributed by atoms with E-state index in [4.69, 9.17) is 4.74 Å². The molecular weight excluding hydrogens is 352 g/mol. The molecule has 1 aliphatic rings. The second-order valence-electron chi connectivity index (χ2n) is 7.09. The Morgan fingerprint density at radius 3 is 2.39 bits per heavy atom. The third-order valence-electron chi connectivity index (χ3n) is 5.23. The third-order valence-corrected chi connectivity index (χ3v) is 5.23. The molecule has 5 nitrogen and oxygen atoms in total. The number of hydrogen-bond acceptors (Lipinski definition) is 4. The number of carbonyl (C=O) groups excluding carboxylic acids is 2. The number of methoxy groups -OCH3 is 1. The van der Waals surface area contributed by atoms with Crippen molar-refractivity contribution in [3.63, 3.8) is 0 Å². The Bertz CT molecular complexity index is 820. The van der Waals surface area contributed by atoms with Gasteiger partial charge in [0.05, 0.1) is 18.2 Å². The molecule has 0 spiro atoms. The summed E-state index contributed by atoms with van der Waals surface area (Å²) in [4.78, 5) is 28.8. The number of hydrogen-bond donors (Lipinski definition) is 0. The number of nitrogens with zero attached hydrogens (tertiary/aromatic N) is 2. The van der Waals surface area contributed by atoms with Gasteiger partial charge in [0.25, 0.3) is 11.8 Å². The molecule has 3 rings (SSSR count). The summed E-state index contributed by atoms with van der Waals surface area (Å²) in [5, 5.41) is 0. The van der Waals surface area contributed by atoms with E-state index in [9.17, 15) is 9.59 Å². The summed E-state index contributed by atoms with van der Waals surface area (Å²) < 4.78 is 5.16. The molecule has 1 aliphatic heterocycles. The van der Waals surface area contributed by atoms with Crippen molar-refractivity contribution in [2.75, 3.05) is 26.7 Å². The first-order valence-electron chi connectivity index (χ1n) is 9.94. The van der Waals surface area contributed by atoms with Gasteiger partial charge in [-0.1, -0.05) is 43.7 Å². The highest BCUT2D eigenvalue weighted by atomic mass is 16.5. The van der Waals surface area contributed by atoms with Gasteiger partial charge in [0.15, 0.2) is 0 Å². The maximum Gasteiger partial charge on any atom is 0.261 e. The number of imide groups is 1. The zero-order chi connectivity index (χ0) is 19.9. The SMILES string of the molecule is CCN(CCCCCN1C(=O)c2ccc(OC)cc2C1=O)Cc1ccccc1. The molecule has 0 saturated heterocycles. The van der Waals surface area contributed by atoms with Gasteiger partial charge in [-0.2, -0.15) is 0 Å². The van der Waals surface area contributed by atoms with E-state index in [1.165, 1.54) is 10.5 Å². The first-order valence-corrected chi connectivity index (χ1v) is 9.94. The van der Waals surface area contributed by atoms with Gasteiger partial charge >= 0.3 is 0 Å². The van der Waals surface area contributed by atoms with Crippen LogP contribution in [0, 0.1) is 0 Å². The predicted molar refractivity (Wildman–Crippen MR) is 110 cm³/mol. The maximum absolute atomic E-state index is 12.5. The molecule has 0 unspecified atom stereocenters. The zero-order valence-corrected chi connectivity index (χ0v) is 16.7. The average Bonchev–Trinajstić information content (AvgIpc) is 2.97. The van der Waals surface area contributed by atoms with Crippen molar-refractivity contribution in [1.82, 2.24) is 9.80 Å². The largest absolute Gasteiger partial charge is 0.497 e. The van der Waals surface area contributed by atoms with Crippen LogP contribution in [-0.4, -0.2) is 48.4 Å². The standard InChI is InChI=1S/C23H28N2O3/c1-3-24(17-18-10-6-4-7-11-18)14-8-5-9-15-25-22(26)20-13-12-19(28-2)16-21(20)23(25)27/h4,6-7,10-13,16H,3,5,8-9,14-15,17H2,1-2H3. The lowest BCUT2D eigenvalue weighted by Crippen LogP contribution is -2.31. The van der Waals surface area contributed by atoms with E-state index in [1.54, 1.807) is 25.3 Å². The van der Waals surface area contributed by atoms with Gasteiger partial charge in [-0.05, 0) is 49.7 Å². The zero-order valence-electron chi connectivity index (χ0n) is 16.7. The second kappa shape index (κ2) is 9.51. The Hall–Kier alpha value is -2.66. The van der Waals surface area contributed by atoms with Crippen LogP contribution in [0.15, 0.2) is 48.5 Å². The van der Waals surface area contributed by atoms with E-state index in [-0.39, 0.29) is 11.8 Å². The molecule has 0 atom stereocenters. The van der Waals surface area contributed by atoms with Crippen LogP contribution in [0.1, 0.15) is 52.5 Å². The van der Waals surface area contributed by atoms with Gasteiger partial charge in [0.2, 0.25) is 0 Å². The summed E-state index contributed by atoms with van der Waals surface area (Å²) in [5.41, 5.74) is 2.25. The van der Waals surface area contributed by atoms with Crippen molar-refractivity contribution >= 4 is 11.8 Å². The molecule has 2 aromatic carbocycles. The molecule has 0 radical (unpaired) electrons.